The summed E-state index contributed by atoms with van der Waals surface area (Å²) in [4.78, 5) is 6.88. The Labute approximate surface area is 160 Å². The molecular formula is C21H26N4O2. The molecule has 0 aliphatic carbocycles. The van der Waals surface area contributed by atoms with Crippen LogP contribution in [-0.2, 0) is 24.3 Å². The predicted molar refractivity (Wildman–Crippen MR) is 105 cm³/mol. The van der Waals surface area contributed by atoms with E-state index < -0.39 is 0 Å². The number of pyridine rings is 1. The summed E-state index contributed by atoms with van der Waals surface area (Å²) in [5, 5.41) is 9.76. The summed E-state index contributed by atoms with van der Waals surface area (Å²) < 4.78 is 11.1. The van der Waals surface area contributed by atoms with E-state index in [-0.39, 0.29) is 0 Å². The topological polar surface area (TPSA) is 84.4 Å². The molecule has 1 aliphatic heterocycles. The van der Waals surface area contributed by atoms with Crippen LogP contribution in [0.2, 0.25) is 0 Å². The minimum Gasteiger partial charge on any atom is -0.496 e. The molecule has 0 saturated heterocycles. The van der Waals surface area contributed by atoms with E-state index in [0.717, 1.165) is 59.8 Å². The van der Waals surface area contributed by atoms with Crippen LogP contribution in [0, 0.1) is 11.3 Å². The molecule has 0 unspecified atom stereocenters. The molecular weight excluding hydrogens is 340 g/mol. The molecule has 0 saturated carbocycles. The first kappa shape index (κ1) is 19.2. The highest BCUT2D eigenvalue weighted by molar-refractivity contribution is 5.80. The number of methoxy groups -OCH3 is 1. The van der Waals surface area contributed by atoms with Crippen LogP contribution in [0.25, 0.3) is 11.1 Å². The third-order valence-electron chi connectivity index (χ3n) is 5.05. The molecule has 0 radical (unpaired) electrons. The van der Waals surface area contributed by atoms with E-state index in [4.69, 9.17) is 15.2 Å². The molecule has 0 bridgehead atoms. The van der Waals surface area contributed by atoms with Gasteiger partial charge in [0, 0.05) is 42.9 Å². The first-order chi connectivity index (χ1) is 13.1. The van der Waals surface area contributed by atoms with Crippen molar-refractivity contribution in [2.24, 2.45) is 0 Å². The average Bonchev–Trinajstić information content (AvgIpc) is 2.70. The largest absolute Gasteiger partial charge is 0.496 e. The highest BCUT2D eigenvalue weighted by atomic mass is 16.5. The minimum atomic E-state index is 0.304. The minimum absolute atomic E-state index is 0.304. The maximum absolute atomic E-state index is 9.76. The summed E-state index contributed by atoms with van der Waals surface area (Å²) in [5.74, 6) is 1.08. The van der Waals surface area contributed by atoms with Gasteiger partial charge in [0.1, 0.15) is 23.2 Å². The Morgan fingerprint density at radius 2 is 2.15 bits per heavy atom. The number of nitrogens with two attached hydrogens (primary N) is 1. The van der Waals surface area contributed by atoms with Crippen molar-refractivity contribution in [3.8, 4) is 22.9 Å². The third-order valence-corrected chi connectivity index (χ3v) is 5.05. The fourth-order valence-electron chi connectivity index (χ4n) is 3.60. The molecule has 2 heterocycles. The number of nitrogen functional groups attached to an aromatic ring is 1. The standard InChI is InChI=1S/C21H26N4O2/c1-4-25-9-8-18-17(12-25)20(16(11-22)21(23)24-18)14-6-7-19(26-3)15(10-14)13-27-5-2/h6-7,10H,4-5,8-9,12-13H2,1-3H3,(H2,23,24). The van der Waals surface area contributed by atoms with Crippen molar-refractivity contribution in [3.63, 3.8) is 0 Å². The Bertz CT molecular complexity index is 873. The number of hydrogen-bond donors (Lipinski definition) is 1. The van der Waals surface area contributed by atoms with Crippen LogP contribution in [0.15, 0.2) is 18.2 Å². The Balaban J connectivity index is 2.18. The van der Waals surface area contributed by atoms with Crippen LogP contribution in [0.1, 0.15) is 36.2 Å². The summed E-state index contributed by atoms with van der Waals surface area (Å²) in [6.07, 6.45) is 0.841. The van der Waals surface area contributed by atoms with Gasteiger partial charge < -0.3 is 15.2 Å². The van der Waals surface area contributed by atoms with Crippen LogP contribution in [0.3, 0.4) is 0 Å². The van der Waals surface area contributed by atoms with Crippen molar-refractivity contribution in [3.05, 3.63) is 40.6 Å². The van der Waals surface area contributed by atoms with E-state index in [1.807, 2.05) is 25.1 Å². The first-order valence-electron chi connectivity index (χ1n) is 9.31. The Morgan fingerprint density at radius 1 is 1.33 bits per heavy atom. The number of fused-ring (bicyclic) bond motifs is 1. The number of nitriles is 1. The third kappa shape index (κ3) is 3.75. The summed E-state index contributed by atoms with van der Waals surface area (Å²) in [6.45, 7) is 7.88. The number of rotatable bonds is 6. The molecule has 0 fully saturated rings. The molecule has 1 aromatic heterocycles. The number of nitrogens with zero attached hydrogens (tertiary/aromatic N) is 3. The van der Waals surface area contributed by atoms with Gasteiger partial charge in [0.05, 0.1) is 13.7 Å². The summed E-state index contributed by atoms with van der Waals surface area (Å²) in [5.41, 5.74) is 11.5. The molecule has 0 spiro atoms. The van der Waals surface area contributed by atoms with Gasteiger partial charge in [-0.05, 0) is 36.7 Å². The number of ether oxygens (including phenoxy) is 2. The number of aromatic nitrogens is 1. The van der Waals surface area contributed by atoms with E-state index in [0.29, 0.717) is 24.6 Å². The van der Waals surface area contributed by atoms with Gasteiger partial charge in [-0.2, -0.15) is 5.26 Å². The predicted octanol–water partition coefficient (Wildman–Crippen LogP) is 3.13. The Kier molecular flexibility index (Phi) is 5.94. The van der Waals surface area contributed by atoms with E-state index in [9.17, 15) is 5.26 Å². The van der Waals surface area contributed by atoms with E-state index >= 15 is 0 Å². The SMILES string of the molecule is CCOCc1cc(-c2c(C#N)c(N)nc3c2CN(CC)CC3)ccc1OC. The lowest BCUT2D eigenvalue weighted by atomic mass is 9.90. The lowest BCUT2D eigenvalue weighted by Crippen LogP contribution is -2.31. The Morgan fingerprint density at radius 3 is 2.81 bits per heavy atom. The van der Waals surface area contributed by atoms with E-state index in [1.165, 1.54) is 0 Å². The number of benzene rings is 1. The lowest BCUT2D eigenvalue weighted by molar-refractivity contribution is 0.132. The number of likely N-dealkylation sites (N-methyl/N-ethyl adjacent to an activating group) is 1. The number of anilines is 1. The van der Waals surface area contributed by atoms with Crippen molar-refractivity contribution in [1.82, 2.24) is 9.88 Å². The second-order valence-corrected chi connectivity index (χ2v) is 6.57. The van der Waals surface area contributed by atoms with Crippen molar-refractivity contribution in [2.75, 3.05) is 32.5 Å². The van der Waals surface area contributed by atoms with E-state index in [1.54, 1.807) is 7.11 Å². The molecule has 2 N–H and O–H groups in total. The molecule has 0 amide bonds. The lowest BCUT2D eigenvalue weighted by Gasteiger charge is -2.29. The second-order valence-electron chi connectivity index (χ2n) is 6.57. The molecule has 6 heteroatoms. The van der Waals surface area contributed by atoms with Crippen molar-refractivity contribution < 1.29 is 9.47 Å². The molecule has 3 rings (SSSR count). The van der Waals surface area contributed by atoms with Gasteiger partial charge in [0.25, 0.3) is 0 Å². The van der Waals surface area contributed by atoms with Crippen LogP contribution in [-0.4, -0.2) is 36.7 Å². The fraction of sp³-hybridized carbons (Fsp3) is 0.429. The van der Waals surface area contributed by atoms with Gasteiger partial charge in [0.15, 0.2) is 0 Å². The van der Waals surface area contributed by atoms with Gasteiger partial charge in [-0.15, -0.1) is 0 Å². The maximum atomic E-state index is 9.76. The summed E-state index contributed by atoms with van der Waals surface area (Å²) in [6, 6.07) is 8.21. The normalized spacial score (nSPS) is 13.9. The van der Waals surface area contributed by atoms with E-state index in [2.05, 4.69) is 22.9 Å². The van der Waals surface area contributed by atoms with Crippen molar-refractivity contribution >= 4 is 5.82 Å². The van der Waals surface area contributed by atoms with Gasteiger partial charge in [0.2, 0.25) is 0 Å². The van der Waals surface area contributed by atoms with Crippen LogP contribution < -0.4 is 10.5 Å². The molecule has 142 valence electrons. The smallest absolute Gasteiger partial charge is 0.142 e. The number of hydrogen-bond acceptors (Lipinski definition) is 6. The van der Waals surface area contributed by atoms with Crippen LogP contribution in [0.4, 0.5) is 5.82 Å². The summed E-state index contributed by atoms with van der Waals surface area (Å²) in [7, 11) is 1.65. The monoisotopic (exact) mass is 366 g/mol. The van der Waals surface area contributed by atoms with Crippen molar-refractivity contribution in [2.45, 2.75) is 33.4 Å². The molecule has 2 aromatic rings. The van der Waals surface area contributed by atoms with Crippen LogP contribution >= 0.6 is 0 Å². The Hall–Kier alpha value is -2.62. The highest BCUT2D eigenvalue weighted by Gasteiger charge is 2.25. The molecule has 0 atom stereocenters. The van der Waals surface area contributed by atoms with Gasteiger partial charge >= 0.3 is 0 Å². The second kappa shape index (κ2) is 8.38. The zero-order valence-corrected chi connectivity index (χ0v) is 16.2. The molecule has 1 aliphatic rings. The fourth-order valence-corrected chi connectivity index (χ4v) is 3.60. The zero-order chi connectivity index (χ0) is 19.4. The first-order valence-corrected chi connectivity index (χ1v) is 9.31. The highest BCUT2D eigenvalue weighted by Crippen LogP contribution is 2.37. The summed E-state index contributed by atoms with van der Waals surface area (Å²) >= 11 is 0. The van der Waals surface area contributed by atoms with Crippen molar-refractivity contribution in [1.29, 1.82) is 5.26 Å². The molecule has 6 nitrogen and oxygen atoms in total. The zero-order valence-electron chi connectivity index (χ0n) is 16.2. The van der Waals surface area contributed by atoms with Gasteiger partial charge in [-0.1, -0.05) is 13.0 Å². The molecule has 27 heavy (non-hydrogen) atoms. The average molecular weight is 366 g/mol. The quantitative estimate of drug-likeness (QED) is 0.845. The van der Waals surface area contributed by atoms with Gasteiger partial charge in [-0.3, -0.25) is 4.90 Å². The molecule has 1 aromatic carbocycles. The maximum Gasteiger partial charge on any atom is 0.142 e. The van der Waals surface area contributed by atoms with Gasteiger partial charge in [-0.25, -0.2) is 4.98 Å². The van der Waals surface area contributed by atoms with Crippen LogP contribution in [0.5, 0.6) is 5.75 Å².